The van der Waals surface area contributed by atoms with Crippen LogP contribution in [0.2, 0.25) is 0 Å². The number of alkyl halides is 1. The lowest BCUT2D eigenvalue weighted by atomic mass is 10.0. The van der Waals surface area contributed by atoms with Crippen molar-refractivity contribution >= 4 is 23.4 Å². The van der Waals surface area contributed by atoms with Crippen LogP contribution in [0, 0.1) is 0 Å². The van der Waals surface area contributed by atoms with E-state index in [0.717, 1.165) is 5.56 Å². The van der Waals surface area contributed by atoms with Crippen molar-refractivity contribution < 1.29 is 19.4 Å². The summed E-state index contributed by atoms with van der Waals surface area (Å²) in [5.74, 6) is 0.326. The second-order valence-electron chi connectivity index (χ2n) is 6.57. The first-order valence-corrected chi connectivity index (χ1v) is 9.91. The summed E-state index contributed by atoms with van der Waals surface area (Å²) in [7, 11) is 0. The minimum absolute atomic E-state index is 0.0624. The van der Waals surface area contributed by atoms with Gasteiger partial charge in [-0.05, 0) is 31.0 Å². The van der Waals surface area contributed by atoms with E-state index in [1.807, 2.05) is 37.3 Å². The molecule has 0 saturated heterocycles. The number of hydrogen-bond donors (Lipinski definition) is 2. The maximum atomic E-state index is 12.4. The predicted molar refractivity (Wildman–Crippen MR) is 110 cm³/mol. The zero-order chi connectivity index (χ0) is 20.4. The van der Waals surface area contributed by atoms with E-state index in [1.165, 1.54) is 0 Å². The van der Waals surface area contributed by atoms with Gasteiger partial charge in [-0.3, -0.25) is 9.59 Å². The van der Waals surface area contributed by atoms with Crippen molar-refractivity contribution in [3.63, 3.8) is 0 Å². The minimum atomic E-state index is -0.646. The minimum Gasteiger partial charge on any atom is -0.427 e. The number of benzene rings is 2. The van der Waals surface area contributed by atoms with E-state index >= 15 is 0 Å². The molecular weight excluding hydrogens is 378 g/mol. The number of esters is 1. The van der Waals surface area contributed by atoms with Gasteiger partial charge in [0, 0.05) is 36.9 Å². The Morgan fingerprint density at radius 2 is 1.86 bits per heavy atom. The molecule has 5 nitrogen and oxygen atoms in total. The van der Waals surface area contributed by atoms with Crippen LogP contribution in [-0.4, -0.2) is 35.3 Å². The van der Waals surface area contributed by atoms with Crippen LogP contribution in [0.25, 0.3) is 0 Å². The second-order valence-corrected chi connectivity index (χ2v) is 6.94. The monoisotopic (exact) mass is 403 g/mol. The highest BCUT2D eigenvalue weighted by atomic mass is 35.5. The van der Waals surface area contributed by atoms with Crippen LogP contribution in [0.3, 0.4) is 0 Å². The third kappa shape index (κ3) is 7.08. The van der Waals surface area contributed by atoms with Crippen LogP contribution in [-0.2, 0) is 4.79 Å². The Bertz CT molecular complexity index is 766. The molecule has 0 heterocycles. The van der Waals surface area contributed by atoms with Crippen LogP contribution < -0.4 is 10.1 Å². The fourth-order valence-electron chi connectivity index (χ4n) is 2.73. The molecule has 0 aliphatic rings. The molecule has 150 valence electrons. The van der Waals surface area contributed by atoms with Gasteiger partial charge < -0.3 is 15.2 Å². The van der Waals surface area contributed by atoms with E-state index in [9.17, 15) is 14.7 Å². The third-order valence-electron chi connectivity index (χ3n) is 4.34. The van der Waals surface area contributed by atoms with Crippen LogP contribution >= 0.6 is 11.6 Å². The first-order chi connectivity index (χ1) is 13.5. The van der Waals surface area contributed by atoms with Crippen molar-refractivity contribution in [3.8, 4) is 5.75 Å². The average molecular weight is 404 g/mol. The molecule has 2 aromatic rings. The highest BCUT2D eigenvalue weighted by molar-refractivity contribution is 6.17. The maximum absolute atomic E-state index is 12.4. The number of Topliss-reactive ketones (excluding diaryl/α,β-unsaturated/α-hetero) is 1. The molecule has 28 heavy (non-hydrogen) atoms. The average Bonchev–Trinajstić information content (AvgIpc) is 2.72. The van der Waals surface area contributed by atoms with Crippen molar-refractivity contribution in [3.05, 3.63) is 65.7 Å². The van der Waals surface area contributed by atoms with Crippen molar-refractivity contribution in [1.29, 1.82) is 0 Å². The third-order valence-corrected chi connectivity index (χ3v) is 4.60. The quantitative estimate of drug-likeness (QED) is 0.257. The summed E-state index contributed by atoms with van der Waals surface area (Å²) in [4.78, 5) is 24.1. The predicted octanol–water partition coefficient (Wildman–Crippen LogP) is 3.90. The zero-order valence-corrected chi connectivity index (χ0v) is 16.7. The molecule has 0 bridgehead atoms. The molecule has 0 aromatic heterocycles. The molecule has 2 aromatic carbocycles. The molecular formula is C22H26ClNO4. The molecule has 0 aliphatic carbocycles. The van der Waals surface area contributed by atoms with Crippen LogP contribution in [0.4, 0.5) is 0 Å². The number of ketones is 1. The van der Waals surface area contributed by atoms with Crippen LogP contribution in [0.15, 0.2) is 54.6 Å². The van der Waals surface area contributed by atoms with E-state index in [0.29, 0.717) is 30.2 Å². The van der Waals surface area contributed by atoms with Gasteiger partial charge in [-0.2, -0.15) is 0 Å². The summed E-state index contributed by atoms with van der Waals surface area (Å²) in [5.41, 5.74) is 1.32. The van der Waals surface area contributed by atoms with Crippen molar-refractivity contribution in [2.24, 2.45) is 0 Å². The summed E-state index contributed by atoms with van der Waals surface area (Å²) in [6, 6.07) is 15.8. The van der Waals surface area contributed by atoms with Gasteiger partial charge in [0.05, 0.1) is 6.10 Å². The number of rotatable bonds is 11. The molecule has 0 amide bonds. The molecule has 0 fully saturated rings. The fraction of sp³-hybridized carbons (Fsp3) is 0.364. The largest absolute Gasteiger partial charge is 0.427 e. The Balaban J connectivity index is 1.82. The van der Waals surface area contributed by atoms with Gasteiger partial charge in [0.15, 0.2) is 5.78 Å². The number of carbonyl (C=O) groups excluding carboxylic acids is 2. The molecule has 2 atom stereocenters. The maximum Gasteiger partial charge on any atom is 0.311 e. The highest BCUT2D eigenvalue weighted by Crippen LogP contribution is 2.17. The number of nitrogens with one attached hydrogen (secondary N) is 1. The first-order valence-electron chi connectivity index (χ1n) is 9.37. The number of hydrogen-bond acceptors (Lipinski definition) is 5. The van der Waals surface area contributed by atoms with E-state index < -0.39 is 6.10 Å². The van der Waals surface area contributed by atoms with E-state index in [2.05, 4.69) is 5.32 Å². The standard InChI is InChI=1S/C22H26ClNO4/c1-16(22(27)17-7-3-2-4-8-17)24-14-12-20(25)18-9-5-10-19(15-18)28-21(26)11-6-13-23/h2-5,7-10,15-16,22,24,27H,6,11-14H2,1H3. The molecule has 0 radical (unpaired) electrons. The van der Waals surface area contributed by atoms with Gasteiger partial charge in [0.2, 0.25) is 0 Å². The summed E-state index contributed by atoms with van der Waals surface area (Å²) < 4.78 is 5.23. The van der Waals surface area contributed by atoms with Gasteiger partial charge in [0.25, 0.3) is 0 Å². The molecule has 2 unspecified atom stereocenters. The first kappa shape index (κ1) is 22.1. The zero-order valence-electron chi connectivity index (χ0n) is 15.9. The summed E-state index contributed by atoms with van der Waals surface area (Å²) in [6.07, 6.45) is 0.424. The van der Waals surface area contributed by atoms with Crippen molar-refractivity contribution in [2.45, 2.75) is 38.3 Å². The Morgan fingerprint density at radius 3 is 2.57 bits per heavy atom. The van der Waals surface area contributed by atoms with E-state index in [1.54, 1.807) is 24.3 Å². The van der Waals surface area contributed by atoms with Gasteiger partial charge in [0.1, 0.15) is 5.75 Å². The fourth-order valence-corrected chi connectivity index (χ4v) is 2.87. The van der Waals surface area contributed by atoms with Crippen molar-refractivity contribution in [2.75, 3.05) is 12.4 Å². The molecule has 2 N–H and O–H groups in total. The second kappa shape index (κ2) is 11.6. The van der Waals surface area contributed by atoms with Crippen molar-refractivity contribution in [1.82, 2.24) is 5.32 Å². The van der Waals surface area contributed by atoms with E-state index in [4.69, 9.17) is 16.3 Å². The molecule has 0 aliphatic heterocycles. The lowest BCUT2D eigenvalue weighted by Gasteiger charge is -2.20. The summed E-state index contributed by atoms with van der Waals surface area (Å²) >= 11 is 5.57. The van der Waals surface area contributed by atoms with Gasteiger partial charge in [-0.15, -0.1) is 11.6 Å². The Labute approximate surface area is 170 Å². The van der Waals surface area contributed by atoms with E-state index in [-0.39, 0.29) is 30.6 Å². The van der Waals surface area contributed by atoms with Gasteiger partial charge in [-0.1, -0.05) is 42.5 Å². The summed E-state index contributed by atoms with van der Waals surface area (Å²) in [5, 5.41) is 13.5. The normalized spacial score (nSPS) is 13.0. The lowest BCUT2D eigenvalue weighted by molar-refractivity contribution is -0.134. The smallest absolute Gasteiger partial charge is 0.311 e. The van der Waals surface area contributed by atoms with Gasteiger partial charge in [-0.25, -0.2) is 0 Å². The molecule has 6 heteroatoms. The molecule has 2 rings (SSSR count). The highest BCUT2D eigenvalue weighted by Gasteiger charge is 2.16. The number of aliphatic hydroxyl groups is 1. The molecule has 0 spiro atoms. The number of ether oxygens (including phenoxy) is 1. The Hall–Kier alpha value is -2.21. The topological polar surface area (TPSA) is 75.6 Å². The number of aliphatic hydroxyl groups excluding tert-OH is 1. The van der Waals surface area contributed by atoms with Gasteiger partial charge >= 0.3 is 5.97 Å². The number of halogens is 1. The summed E-state index contributed by atoms with van der Waals surface area (Å²) in [6.45, 7) is 2.31. The molecule has 0 saturated carbocycles. The SMILES string of the molecule is CC(NCCC(=O)c1cccc(OC(=O)CCCCl)c1)C(O)c1ccccc1. The Morgan fingerprint density at radius 1 is 1.11 bits per heavy atom. The number of carbonyl (C=O) groups is 2. The lowest BCUT2D eigenvalue weighted by Crippen LogP contribution is -2.33. The van der Waals surface area contributed by atoms with Crippen LogP contribution in [0.1, 0.15) is 48.2 Å². The van der Waals surface area contributed by atoms with Crippen LogP contribution in [0.5, 0.6) is 5.75 Å². The Kier molecular flexibility index (Phi) is 9.14.